The number of anilines is 1. The Kier molecular flexibility index (Phi) is 5.43. The fourth-order valence-electron chi connectivity index (χ4n) is 2.84. The van der Waals surface area contributed by atoms with E-state index in [2.05, 4.69) is 21.8 Å². The highest BCUT2D eigenvalue weighted by atomic mass is 35.5. The van der Waals surface area contributed by atoms with Crippen molar-refractivity contribution in [3.05, 3.63) is 64.7 Å². The van der Waals surface area contributed by atoms with Crippen LogP contribution in [-0.2, 0) is 22.3 Å². The lowest BCUT2D eigenvalue weighted by atomic mass is 10.2. The third-order valence-corrected chi connectivity index (χ3v) is 5.72. The molecule has 4 nitrogen and oxygen atoms in total. The fourth-order valence-corrected chi connectivity index (χ4v) is 4.09. The molecule has 24 heavy (non-hydrogen) atoms. The number of hydrogen-bond donors (Lipinski definition) is 1. The predicted octanol–water partition coefficient (Wildman–Crippen LogP) is 3.56. The van der Waals surface area contributed by atoms with E-state index >= 15 is 0 Å². The molecule has 0 spiro atoms. The molecule has 6 heteroatoms. The molecule has 1 aliphatic rings. The minimum Gasteiger partial charge on any atom is -0.372 e. The van der Waals surface area contributed by atoms with E-state index in [0.717, 1.165) is 24.2 Å². The Hall–Kier alpha value is -1.56. The summed E-state index contributed by atoms with van der Waals surface area (Å²) in [4.78, 5) is 2.36. The van der Waals surface area contributed by atoms with E-state index < -0.39 is 10.0 Å². The van der Waals surface area contributed by atoms with Gasteiger partial charge >= 0.3 is 0 Å². The summed E-state index contributed by atoms with van der Waals surface area (Å²) < 4.78 is 27.0. The smallest absolute Gasteiger partial charge is 0.216 e. The van der Waals surface area contributed by atoms with E-state index in [1.807, 2.05) is 12.1 Å². The van der Waals surface area contributed by atoms with Crippen LogP contribution >= 0.6 is 11.6 Å². The van der Waals surface area contributed by atoms with Crippen molar-refractivity contribution in [3.8, 4) is 0 Å². The van der Waals surface area contributed by atoms with E-state index in [-0.39, 0.29) is 5.75 Å². The van der Waals surface area contributed by atoms with Gasteiger partial charge < -0.3 is 4.90 Å². The molecule has 0 bridgehead atoms. The summed E-state index contributed by atoms with van der Waals surface area (Å²) in [7, 11) is -3.37. The van der Waals surface area contributed by atoms with Gasteiger partial charge in [-0.25, -0.2) is 13.1 Å². The van der Waals surface area contributed by atoms with Crippen molar-refractivity contribution in [2.45, 2.75) is 25.1 Å². The largest absolute Gasteiger partial charge is 0.372 e. The second-order valence-electron chi connectivity index (χ2n) is 6.07. The van der Waals surface area contributed by atoms with Gasteiger partial charge in [0.2, 0.25) is 10.0 Å². The molecule has 0 aliphatic carbocycles. The van der Waals surface area contributed by atoms with Gasteiger partial charge in [0.05, 0.1) is 5.75 Å². The first-order valence-corrected chi connectivity index (χ1v) is 10.1. The molecule has 1 fully saturated rings. The number of nitrogens with one attached hydrogen (secondary N) is 1. The van der Waals surface area contributed by atoms with Gasteiger partial charge in [-0.05, 0) is 48.2 Å². The topological polar surface area (TPSA) is 49.4 Å². The number of sulfonamides is 1. The molecule has 1 N–H and O–H groups in total. The van der Waals surface area contributed by atoms with Gasteiger partial charge in [-0.2, -0.15) is 0 Å². The maximum absolute atomic E-state index is 12.2. The van der Waals surface area contributed by atoms with Crippen LogP contribution in [0.25, 0.3) is 0 Å². The molecule has 0 unspecified atom stereocenters. The molecule has 2 aromatic rings. The molecule has 0 radical (unpaired) electrons. The predicted molar refractivity (Wildman–Crippen MR) is 98.8 cm³/mol. The Bertz CT molecular complexity index is 768. The minimum atomic E-state index is -3.37. The molecule has 3 rings (SSSR count). The number of halogens is 1. The zero-order valence-electron chi connectivity index (χ0n) is 13.4. The third kappa shape index (κ3) is 4.72. The van der Waals surface area contributed by atoms with Crippen molar-refractivity contribution in [1.82, 2.24) is 4.72 Å². The van der Waals surface area contributed by atoms with Crippen molar-refractivity contribution < 1.29 is 8.42 Å². The normalized spacial score (nSPS) is 15.0. The van der Waals surface area contributed by atoms with Gasteiger partial charge in [-0.1, -0.05) is 35.9 Å². The Morgan fingerprint density at radius 2 is 1.50 bits per heavy atom. The lowest BCUT2D eigenvalue weighted by Crippen LogP contribution is -2.24. The zero-order valence-corrected chi connectivity index (χ0v) is 15.0. The van der Waals surface area contributed by atoms with Crippen LogP contribution in [-0.4, -0.2) is 21.5 Å². The van der Waals surface area contributed by atoms with E-state index in [0.29, 0.717) is 11.6 Å². The van der Waals surface area contributed by atoms with Crippen LogP contribution in [0.3, 0.4) is 0 Å². The van der Waals surface area contributed by atoms with Crippen molar-refractivity contribution >= 4 is 27.3 Å². The van der Waals surface area contributed by atoms with Crippen LogP contribution in [0.1, 0.15) is 24.0 Å². The van der Waals surface area contributed by atoms with Crippen LogP contribution < -0.4 is 9.62 Å². The molecular weight excluding hydrogens is 344 g/mol. The highest BCUT2D eigenvalue weighted by Gasteiger charge is 2.13. The molecule has 0 amide bonds. The molecule has 0 atom stereocenters. The number of rotatable bonds is 6. The highest BCUT2D eigenvalue weighted by Crippen LogP contribution is 2.20. The van der Waals surface area contributed by atoms with Gasteiger partial charge in [0.1, 0.15) is 0 Å². The average molecular weight is 365 g/mol. The van der Waals surface area contributed by atoms with Crippen molar-refractivity contribution in [2.24, 2.45) is 0 Å². The van der Waals surface area contributed by atoms with Crippen LogP contribution in [0.2, 0.25) is 5.02 Å². The number of nitrogens with zero attached hydrogens (tertiary/aromatic N) is 1. The molecule has 1 aliphatic heterocycles. The van der Waals surface area contributed by atoms with Crippen molar-refractivity contribution in [1.29, 1.82) is 0 Å². The zero-order chi connectivity index (χ0) is 17.0. The van der Waals surface area contributed by atoms with E-state index in [4.69, 9.17) is 11.6 Å². The average Bonchev–Trinajstić information content (AvgIpc) is 3.10. The van der Waals surface area contributed by atoms with Gasteiger partial charge in [0.25, 0.3) is 0 Å². The van der Waals surface area contributed by atoms with Crippen LogP contribution in [0.5, 0.6) is 0 Å². The standard InChI is InChI=1S/C18H21ClN2O2S/c19-17-7-3-16(4-8-17)14-24(22,23)20-13-15-5-9-18(10-6-15)21-11-1-2-12-21/h3-10,20H,1-2,11-14H2. The Morgan fingerprint density at radius 3 is 2.12 bits per heavy atom. The summed E-state index contributed by atoms with van der Waals surface area (Å²) >= 11 is 5.82. The lowest BCUT2D eigenvalue weighted by Gasteiger charge is -2.17. The monoisotopic (exact) mass is 364 g/mol. The molecule has 1 heterocycles. The quantitative estimate of drug-likeness (QED) is 0.852. The second-order valence-corrected chi connectivity index (χ2v) is 8.31. The lowest BCUT2D eigenvalue weighted by molar-refractivity contribution is 0.580. The Balaban J connectivity index is 1.56. The van der Waals surface area contributed by atoms with Crippen LogP contribution in [0.15, 0.2) is 48.5 Å². The molecule has 1 saturated heterocycles. The SMILES string of the molecule is O=S(=O)(Cc1ccc(Cl)cc1)NCc1ccc(N2CCCC2)cc1. The third-order valence-electron chi connectivity index (χ3n) is 4.17. The molecule has 128 valence electrons. The minimum absolute atomic E-state index is 0.0456. The van der Waals surface area contributed by atoms with E-state index in [1.165, 1.54) is 18.5 Å². The first kappa shape index (κ1) is 17.3. The maximum Gasteiger partial charge on any atom is 0.216 e. The van der Waals surface area contributed by atoms with Crippen molar-refractivity contribution in [3.63, 3.8) is 0 Å². The van der Waals surface area contributed by atoms with Gasteiger partial charge in [0, 0.05) is 30.3 Å². The highest BCUT2D eigenvalue weighted by molar-refractivity contribution is 7.88. The van der Waals surface area contributed by atoms with Gasteiger partial charge in [-0.15, -0.1) is 0 Å². The maximum atomic E-state index is 12.2. The van der Waals surface area contributed by atoms with Crippen LogP contribution in [0.4, 0.5) is 5.69 Å². The first-order valence-electron chi connectivity index (χ1n) is 8.07. The van der Waals surface area contributed by atoms with Gasteiger partial charge in [0.15, 0.2) is 0 Å². The summed E-state index contributed by atoms with van der Waals surface area (Å²) in [5.74, 6) is -0.0456. The first-order chi connectivity index (χ1) is 11.5. The Morgan fingerprint density at radius 1 is 0.917 bits per heavy atom. The Labute approximate surface area is 148 Å². The summed E-state index contributed by atoms with van der Waals surface area (Å²) in [6.07, 6.45) is 2.48. The van der Waals surface area contributed by atoms with E-state index in [9.17, 15) is 8.42 Å². The fraction of sp³-hybridized carbons (Fsp3) is 0.333. The number of benzene rings is 2. The number of hydrogen-bond acceptors (Lipinski definition) is 3. The summed E-state index contributed by atoms with van der Waals surface area (Å²) in [6, 6.07) is 14.9. The molecule has 2 aromatic carbocycles. The van der Waals surface area contributed by atoms with E-state index in [1.54, 1.807) is 24.3 Å². The summed E-state index contributed by atoms with van der Waals surface area (Å²) in [5.41, 5.74) is 2.88. The van der Waals surface area contributed by atoms with Gasteiger partial charge in [-0.3, -0.25) is 0 Å². The molecular formula is C18H21ClN2O2S. The van der Waals surface area contributed by atoms with Crippen molar-refractivity contribution in [2.75, 3.05) is 18.0 Å². The van der Waals surface area contributed by atoms with Crippen LogP contribution in [0, 0.1) is 0 Å². The summed E-state index contributed by atoms with van der Waals surface area (Å²) in [6.45, 7) is 2.51. The summed E-state index contributed by atoms with van der Waals surface area (Å²) in [5, 5.41) is 0.599. The second kappa shape index (κ2) is 7.55. The molecule has 0 aromatic heterocycles. The molecule has 0 saturated carbocycles.